The van der Waals surface area contributed by atoms with Crippen LogP contribution in [0.25, 0.3) is 10.8 Å². The normalized spacial score (nSPS) is 15.7. The summed E-state index contributed by atoms with van der Waals surface area (Å²) in [7, 11) is 0. The number of carbonyl (C=O) groups excluding carboxylic acids is 1. The van der Waals surface area contributed by atoms with E-state index in [4.69, 9.17) is 9.15 Å². The van der Waals surface area contributed by atoms with Gasteiger partial charge in [-0.15, -0.1) is 21.5 Å². The first-order chi connectivity index (χ1) is 16.5. The standard InChI is InChI=1S/C24H30N6O3S/c1-4-9-29(15-22-27-28-24(33-22)20-8-6-11-34-20)14-21(31)26-23-19(12-25)16(2)17(3)30(23)13-18-7-5-10-32-18/h6,8,11,18H,4-5,7,9-10,13-15H2,1-3H3,(H,26,31)/t18-/m1/s1. The van der Waals surface area contributed by atoms with Crippen LogP contribution in [0.5, 0.6) is 0 Å². The molecule has 1 fully saturated rings. The molecule has 0 radical (unpaired) electrons. The number of hydrogen-bond acceptors (Lipinski definition) is 8. The van der Waals surface area contributed by atoms with E-state index in [1.807, 2.05) is 40.8 Å². The van der Waals surface area contributed by atoms with E-state index in [-0.39, 0.29) is 18.6 Å². The number of rotatable bonds is 10. The molecule has 180 valence electrons. The van der Waals surface area contributed by atoms with Gasteiger partial charge in [-0.25, -0.2) is 0 Å². The molecule has 4 heterocycles. The highest BCUT2D eigenvalue weighted by Crippen LogP contribution is 2.28. The largest absolute Gasteiger partial charge is 0.419 e. The van der Waals surface area contributed by atoms with Crippen LogP contribution in [0.15, 0.2) is 21.9 Å². The fraction of sp³-hybridized carbons (Fsp3) is 0.500. The zero-order valence-electron chi connectivity index (χ0n) is 19.8. The molecule has 0 aromatic carbocycles. The van der Waals surface area contributed by atoms with Gasteiger partial charge < -0.3 is 19.0 Å². The van der Waals surface area contributed by atoms with Gasteiger partial charge in [0, 0.05) is 12.3 Å². The second-order valence-electron chi connectivity index (χ2n) is 8.53. The van der Waals surface area contributed by atoms with E-state index in [1.165, 1.54) is 11.3 Å². The Morgan fingerprint density at radius 2 is 2.26 bits per heavy atom. The lowest BCUT2D eigenvalue weighted by atomic mass is 10.2. The van der Waals surface area contributed by atoms with Gasteiger partial charge >= 0.3 is 0 Å². The van der Waals surface area contributed by atoms with Gasteiger partial charge in [-0.05, 0) is 56.7 Å². The number of carbonyl (C=O) groups is 1. The molecular formula is C24H30N6O3S. The molecule has 0 bridgehead atoms. The van der Waals surface area contributed by atoms with Crippen LogP contribution in [0, 0.1) is 25.2 Å². The van der Waals surface area contributed by atoms with Gasteiger partial charge in [0.2, 0.25) is 11.8 Å². The lowest BCUT2D eigenvalue weighted by Crippen LogP contribution is -2.34. The summed E-state index contributed by atoms with van der Waals surface area (Å²) in [5.74, 6) is 1.32. The van der Waals surface area contributed by atoms with Gasteiger partial charge in [0.25, 0.3) is 5.89 Å². The van der Waals surface area contributed by atoms with Gasteiger partial charge in [0.15, 0.2) is 0 Å². The average Bonchev–Trinajstić information content (AvgIpc) is 3.61. The SMILES string of the molecule is CCCN(CC(=O)Nc1c(C#N)c(C)c(C)n1C[C@H]1CCCO1)Cc1nnc(-c2cccs2)o1. The fourth-order valence-electron chi connectivity index (χ4n) is 4.26. The molecule has 0 saturated carbocycles. The third kappa shape index (κ3) is 5.38. The number of thiophene rings is 1. The maximum absolute atomic E-state index is 13.1. The molecule has 1 aliphatic rings. The van der Waals surface area contributed by atoms with Gasteiger partial charge in [-0.1, -0.05) is 13.0 Å². The summed E-state index contributed by atoms with van der Waals surface area (Å²) in [5, 5.41) is 23.0. The van der Waals surface area contributed by atoms with Crippen LogP contribution < -0.4 is 5.32 Å². The molecule has 1 atom stereocenters. The van der Waals surface area contributed by atoms with E-state index in [0.717, 1.165) is 42.0 Å². The van der Waals surface area contributed by atoms with Crippen molar-refractivity contribution in [2.24, 2.45) is 0 Å². The number of amides is 1. The molecule has 34 heavy (non-hydrogen) atoms. The lowest BCUT2D eigenvalue weighted by Gasteiger charge is -2.20. The van der Waals surface area contributed by atoms with Crippen LogP contribution in [0.4, 0.5) is 5.82 Å². The molecular weight excluding hydrogens is 452 g/mol. The molecule has 1 amide bonds. The minimum atomic E-state index is -0.186. The predicted molar refractivity (Wildman–Crippen MR) is 129 cm³/mol. The Bertz CT molecular complexity index is 1150. The van der Waals surface area contributed by atoms with Gasteiger partial charge in [-0.3, -0.25) is 9.69 Å². The van der Waals surface area contributed by atoms with E-state index < -0.39 is 0 Å². The molecule has 1 saturated heterocycles. The molecule has 3 aromatic heterocycles. The predicted octanol–water partition coefficient (Wildman–Crippen LogP) is 4.12. The minimum Gasteiger partial charge on any atom is -0.419 e. The van der Waals surface area contributed by atoms with Crippen molar-refractivity contribution in [2.45, 2.75) is 59.2 Å². The monoisotopic (exact) mass is 482 g/mol. The van der Waals surface area contributed by atoms with Crippen molar-refractivity contribution in [3.8, 4) is 16.8 Å². The van der Waals surface area contributed by atoms with E-state index in [0.29, 0.717) is 42.8 Å². The van der Waals surface area contributed by atoms with E-state index in [9.17, 15) is 10.1 Å². The molecule has 9 nitrogen and oxygen atoms in total. The van der Waals surface area contributed by atoms with Crippen molar-refractivity contribution in [3.63, 3.8) is 0 Å². The zero-order valence-corrected chi connectivity index (χ0v) is 20.7. The Hall–Kier alpha value is -3.00. The first-order valence-electron chi connectivity index (χ1n) is 11.6. The number of nitriles is 1. The number of anilines is 1. The quantitative estimate of drug-likeness (QED) is 0.463. The van der Waals surface area contributed by atoms with Crippen LogP contribution in [-0.4, -0.2) is 51.4 Å². The molecule has 1 aliphatic heterocycles. The summed E-state index contributed by atoms with van der Waals surface area (Å²) < 4.78 is 13.6. The lowest BCUT2D eigenvalue weighted by molar-refractivity contribution is -0.117. The van der Waals surface area contributed by atoms with Crippen LogP contribution in [0.1, 0.15) is 48.9 Å². The number of ether oxygens (including phenoxy) is 1. The summed E-state index contributed by atoms with van der Waals surface area (Å²) in [6, 6.07) is 6.14. The Balaban J connectivity index is 1.47. The molecule has 3 aromatic rings. The second kappa shape index (κ2) is 11.0. The van der Waals surface area contributed by atoms with Crippen LogP contribution >= 0.6 is 11.3 Å². The van der Waals surface area contributed by atoms with Crippen LogP contribution in [0.2, 0.25) is 0 Å². The van der Waals surface area contributed by atoms with Crippen LogP contribution in [-0.2, 0) is 22.6 Å². The van der Waals surface area contributed by atoms with E-state index in [1.54, 1.807) is 0 Å². The number of nitrogens with one attached hydrogen (secondary N) is 1. The van der Waals surface area contributed by atoms with E-state index in [2.05, 4.69) is 28.5 Å². The molecule has 10 heteroatoms. The first kappa shape index (κ1) is 24.1. The maximum Gasteiger partial charge on any atom is 0.257 e. The number of nitrogens with zero attached hydrogens (tertiary/aromatic N) is 5. The Kier molecular flexibility index (Phi) is 7.77. The highest BCUT2D eigenvalue weighted by Gasteiger charge is 2.25. The highest BCUT2D eigenvalue weighted by molar-refractivity contribution is 7.13. The van der Waals surface area contributed by atoms with Crippen molar-refractivity contribution in [2.75, 3.05) is 25.0 Å². The fourth-order valence-corrected chi connectivity index (χ4v) is 4.91. The number of hydrogen-bond donors (Lipinski definition) is 1. The molecule has 1 N–H and O–H groups in total. The van der Waals surface area contributed by atoms with Gasteiger partial charge in [0.1, 0.15) is 11.9 Å². The zero-order chi connectivity index (χ0) is 24.1. The van der Waals surface area contributed by atoms with Crippen molar-refractivity contribution >= 4 is 23.1 Å². The summed E-state index contributed by atoms with van der Waals surface area (Å²) in [5.41, 5.74) is 2.36. The van der Waals surface area contributed by atoms with Crippen LogP contribution in [0.3, 0.4) is 0 Å². The summed E-state index contributed by atoms with van der Waals surface area (Å²) in [6.45, 7) is 8.55. The van der Waals surface area contributed by atoms with Crippen molar-refractivity contribution in [3.05, 3.63) is 40.2 Å². The summed E-state index contributed by atoms with van der Waals surface area (Å²) >= 11 is 1.54. The van der Waals surface area contributed by atoms with Crippen molar-refractivity contribution < 1.29 is 13.9 Å². The van der Waals surface area contributed by atoms with E-state index >= 15 is 0 Å². The second-order valence-corrected chi connectivity index (χ2v) is 9.48. The molecule has 0 aliphatic carbocycles. The van der Waals surface area contributed by atoms with Crippen molar-refractivity contribution in [1.82, 2.24) is 19.7 Å². The van der Waals surface area contributed by atoms with Gasteiger partial charge in [-0.2, -0.15) is 5.26 Å². The third-order valence-electron chi connectivity index (χ3n) is 6.07. The Labute approximate surface area is 203 Å². The average molecular weight is 483 g/mol. The number of aromatic nitrogens is 3. The smallest absolute Gasteiger partial charge is 0.257 e. The topological polar surface area (TPSA) is 109 Å². The first-order valence-corrected chi connectivity index (χ1v) is 12.5. The summed E-state index contributed by atoms with van der Waals surface area (Å²) in [4.78, 5) is 16.0. The Morgan fingerprint density at radius 3 is 2.94 bits per heavy atom. The Morgan fingerprint density at radius 1 is 1.41 bits per heavy atom. The third-order valence-corrected chi connectivity index (χ3v) is 6.93. The highest BCUT2D eigenvalue weighted by atomic mass is 32.1. The molecule has 4 rings (SSSR count). The minimum absolute atomic E-state index is 0.0966. The van der Waals surface area contributed by atoms with Gasteiger partial charge in [0.05, 0.1) is 36.2 Å². The van der Waals surface area contributed by atoms with Crippen molar-refractivity contribution in [1.29, 1.82) is 5.26 Å². The maximum atomic E-state index is 13.1. The molecule has 0 unspecified atom stereocenters. The summed E-state index contributed by atoms with van der Waals surface area (Å²) in [6.07, 6.45) is 2.98. The molecule has 0 spiro atoms.